The van der Waals surface area contributed by atoms with E-state index in [4.69, 9.17) is 5.11 Å². The maximum absolute atomic E-state index is 11.0. The molecule has 92 valence electrons. The van der Waals surface area contributed by atoms with Crippen LogP contribution in [0.2, 0.25) is 0 Å². The summed E-state index contributed by atoms with van der Waals surface area (Å²) in [4.78, 5) is 22.0. The molecule has 0 aromatic carbocycles. The number of hydrogen-bond acceptors (Lipinski definition) is 4. The van der Waals surface area contributed by atoms with Crippen molar-refractivity contribution >= 4 is 11.8 Å². The van der Waals surface area contributed by atoms with Gasteiger partial charge in [-0.25, -0.2) is 9.89 Å². The van der Waals surface area contributed by atoms with Crippen LogP contribution in [0.25, 0.3) is 0 Å². The fraction of sp³-hybridized carbons (Fsp3) is 0.545. The second-order valence-electron chi connectivity index (χ2n) is 4.28. The molecule has 6 nitrogen and oxygen atoms in total. The largest absolute Gasteiger partial charge is 0.478 e. The average molecular weight is 237 g/mol. The van der Waals surface area contributed by atoms with E-state index in [1.807, 2.05) is 0 Å². The fourth-order valence-electron chi connectivity index (χ4n) is 2.12. The van der Waals surface area contributed by atoms with E-state index < -0.39 is 11.5 Å². The summed E-state index contributed by atoms with van der Waals surface area (Å²) in [6.45, 7) is 0. The number of aromatic carboxylic acids is 1. The zero-order valence-corrected chi connectivity index (χ0v) is 9.40. The summed E-state index contributed by atoms with van der Waals surface area (Å²) in [6, 6.07) is 1.31. The van der Waals surface area contributed by atoms with Crippen LogP contribution in [-0.4, -0.2) is 27.3 Å². The van der Waals surface area contributed by atoms with Crippen molar-refractivity contribution < 1.29 is 9.90 Å². The molecule has 0 bridgehead atoms. The molecule has 2 rings (SSSR count). The Balaban J connectivity index is 2.19. The zero-order valence-electron chi connectivity index (χ0n) is 9.40. The Labute approximate surface area is 98.1 Å². The van der Waals surface area contributed by atoms with E-state index in [1.165, 1.54) is 6.42 Å². The first-order chi connectivity index (χ1) is 8.16. The molecule has 1 heterocycles. The van der Waals surface area contributed by atoms with Crippen molar-refractivity contribution in [1.82, 2.24) is 10.2 Å². The summed E-state index contributed by atoms with van der Waals surface area (Å²) in [5.74, 6) is -0.883. The van der Waals surface area contributed by atoms with Gasteiger partial charge in [-0.05, 0) is 12.8 Å². The molecule has 3 N–H and O–H groups in total. The SMILES string of the molecule is O=C(O)c1cc(=O)[nH]nc1NC1CCCCC1. The van der Waals surface area contributed by atoms with Crippen LogP contribution in [-0.2, 0) is 0 Å². The van der Waals surface area contributed by atoms with Crippen LogP contribution in [0.15, 0.2) is 10.9 Å². The highest BCUT2D eigenvalue weighted by Gasteiger charge is 2.18. The van der Waals surface area contributed by atoms with Crippen LogP contribution in [0.1, 0.15) is 42.5 Å². The van der Waals surface area contributed by atoms with Gasteiger partial charge in [0.2, 0.25) is 0 Å². The molecule has 1 aliphatic carbocycles. The molecule has 1 aliphatic rings. The smallest absolute Gasteiger partial charge is 0.339 e. The van der Waals surface area contributed by atoms with E-state index in [2.05, 4.69) is 15.5 Å². The lowest BCUT2D eigenvalue weighted by molar-refractivity contribution is 0.0697. The van der Waals surface area contributed by atoms with Crippen molar-refractivity contribution in [3.63, 3.8) is 0 Å². The summed E-state index contributed by atoms with van der Waals surface area (Å²) in [7, 11) is 0. The Morgan fingerprint density at radius 2 is 2.12 bits per heavy atom. The minimum atomic E-state index is -1.14. The van der Waals surface area contributed by atoms with Gasteiger partial charge >= 0.3 is 5.97 Å². The lowest BCUT2D eigenvalue weighted by atomic mass is 9.95. The minimum absolute atomic E-state index is 0.0701. The van der Waals surface area contributed by atoms with Crippen LogP contribution in [0, 0.1) is 0 Å². The number of nitrogens with zero attached hydrogens (tertiary/aromatic N) is 1. The van der Waals surface area contributed by atoms with Crippen molar-refractivity contribution in [2.45, 2.75) is 38.1 Å². The molecule has 1 fully saturated rings. The number of aromatic amines is 1. The first-order valence-corrected chi connectivity index (χ1v) is 5.76. The third-order valence-corrected chi connectivity index (χ3v) is 2.98. The molecule has 1 aromatic rings. The molecular formula is C11H15N3O3. The summed E-state index contributed by atoms with van der Waals surface area (Å²) < 4.78 is 0. The number of nitrogens with one attached hydrogen (secondary N) is 2. The van der Waals surface area contributed by atoms with Crippen LogP contribution in [0.4, 0.5) is 5.82 Å². The van der Waals surface area contributed by atoms with E-state index >= 15 is 0 Å². The van der Waals surface area contributed by atoms with E-state index in [9.17, 15) is 9.59 Å². The number of H-pyrrole nitrogens is 1. The molecule has 1 saturated carbocycles. The van der Waals surface area contributed by atoms with Gasteiger partial charge in [0.25, 0.3) is 5.56 Å². The van der Waals surface area contributed by atoms with Crippen LogP contribution < -0.4 is 10.9 Å². The van der Waals surface area contributed by atoms with Crippen molar-refractivity contribution in [1.29, 1.82) is 0 Å². The quantitative estimate of drug-likeness (QED) is 0.734. The monoisotopic (exact) mass is 237 g/mol. The van der Waals surface area contributed by atoms with Gasteiger partial charge in [-0.15, -0.1) is 0 Å². The Morgan fingerprint density at radius 3 is 2.76 bits per heavy atom. The molecular weight excluding hydrogens is 222 g/mol. The Kier molecular flexibility index (Phi) is 3.41. The first kappa shape index (κ1) is 11.6. The lowest BCUT2D eigenvalue weighted by Crippen LogP contribution is -2.26. The summed E-state index contributed by atoms with van der Waals surface area (Å²) in [5.41, 5.74) is -0.573. The average Bonchev–Trinajstić information content (AvgIpc) is 2.32. The third kappa shape index (κ3) is 2.83. The summed E-state index contributed by atoms with van der Waals surface area (Å²) in [5, 5.41) is 18.1. The van der Waals surface area contributed by atoms with Crippen molar-refractivity contribution in [2.75, 3.05) is 5.32 Å². The standard InChI is InChI=1S/C11H15N3O3/c15-9-6-8(11(16)17)10(14-13-9)12-7-4-2-1-3-5-7/h6-7H,1-5H2,(H,12,14)(H,13,15)(H,16,17). The molecule has 0 atom stereocenters. The van der Waals surface area contributed by atoms with Gasteiger partial charge in [0.05, 0.1) is 0 Å². The Bertz CT molecular complexity index is 463. The van der Waals surface area contributed by atoms with Crippen LogP contribution in [0.5, 0.6) is 0 Å². The van der Waals surface area contributed by atoms with Crippen molar-refractivity contribution in [3.8, 4) is 0 Å². The fourth-order valence-corrected chi connectivity index (χ4v) is 2.12. The number of anilines is 1. The second kappa shape index (κ2) is 4.99. The first-order valence-electron chi connectivity index (χ1n) is 5.76. The van der Waals surface area contributed by atoms with E-state index in [0.29, 0.717) is 0 Å². The van der Waals surface area contributed by atoms with Gasteiger partial charge in [0.1, 0.15) is 5.56 Å². The highest BCUT2D eigenvalue weighted by atomic mass is 16.4. The molecule has 0 spiro atoms. The summed E-state index contributed by atoms with van der Waals surface area (Å²) in [6.07, 6.45) is 5.54. The highest BCUT2D eigenvalue weighted by Crippen LogP contribution is 2.21. The van der Waals surface area contributed by atoms with Gasteiger partial charge in [0.15, 0.2) is 5.82 Å². The highest BCUT2D eigenvalue weighted by molar-refractivity contribution is 5.92. The van der Waals surface area contributed by atoms with Crippen LogP contribution in [0.3, 0.4) is 0 Å². The van der Waals surface area contributed by atoms with Crippen molar-refractivity contribution in [3.05, 3.63) is 22.0 Å². The molecule has 1 aromatic heterocycles. The molecule has 0 saturated heterocycles. The topological polar surface area (TPSA) is 95.1 Å². The van der Waals surface area contributed by atoms with Gasteiger partial charge < -0.3 is 10.4 Å². The molecule has 17 heavy (non-hydrogen) atoms. The summed E-state index contributed by atoms with van der Waals surface area (Å²) >= 11 is 0. The normalized spacial score (nSPS) is 16.7. The maximum Gasteiger partial charge on any atom is 0.339 e. The number of hydrogen-bond donors (Lipinski definition) is 3. The van der Waals surface area contributed by atoms with E-state index in [-0.39, 0.29) is 17.4 Å². The number of aromatic nitrogens is 2. The van der Waals surface area contributed by atoms with E-state index in [1.54, 1.807) is 0 Å². The van der Waals surface area contributed by atoms with Crippen LogP contribution >= 0.6 is 0 Å². The van der Waals surface area contributed by atoms with Gasteiger partial charge in [-0.2, -0.15) is 5.10 Å². The molecule has 0 aliphatic heterocycles. The number of rotatable bonds is 3. The molecule has 0 amide bonds. The number of carboxylic acid groups (broad SMARTS) is 1. The van der Waals surface area contributed by atoms with Gasteiger partial charge in [-0.3, -0.25) is 4.79 Å². The zero-order chi connectivity index (χ0) is 12.3. The molecule has 6 heteroatoms. The Morgan fingerprint density at radius 1 is 1.41 bits per heavy atom. The number of carboxylic acids is 1. The molecule has 0 unspecified atom stereocenters. The Hall–Kier alpha value is -1.85. The number of carbonyl (C=O) groups is 1. The van der Waals surface area contributed by atoms with Gasteiger partial charge in [-0.1, -0.05) is 19.3 Å². The predicted molar refractivity (Wildman–Crippen MR) is 62.3 cm³/mol. The lowest BCUT2D eigenvalue weighted by Gasteiger charge is -2.23. The van der Waals surface area contributed by atoms with Crippen molar-refractivity contribution in [2.24, 2.45) is 0 Å². The minimum Gasteiger partial charge on any atom is -0.478 e. The maximum atomic E-state index is 11.0. The van der Waals surface area contributed by atoms with E-state index in [0.717, 1.165) is 31.7 Å². The third-order valence-electron chi connectivity index (χ3n) is 2.98. The van der Waals surface area contributed by atoms with Gasteiger partial charge in [0, 0.05) is 12.1 Å². The second-order valence-corrected chi connectivity index (χ2v) is 4.28. The predicted octanol–water partition coefficient (Wildman–Crippen LogP) is 1.21. The molecule has 0 radical (unpaired) electrons.